The summed E-state index contributed by atoms with van der Waals surface area (Å²) < 4.78 is 41.0. The summed E-state index contributed by atoms with van der Waals surface area (Å²) in [6, 6.07) is 0. The molecule has 176 valence electrons. The van der Waals surface area contributed by atoms with Crippen molar-refractivity contribution in [1.29, 1.82) is 0 Å². The second kappa shape index (κ2) is 8.97. The van der Waals surface area contributed by atoms with Crippen LogP contribution in [0.15, 0.2) is 18.9 Å². The smallest absolute Gasteiger partial charge is 0.254 e. The number of nitrogens with two attached hydrogens (primary N) is 1. The number of carbonyl (C=O) groups is 1. The molecule has 0 aromatic carbocycles. The summed E-state index contributed by atoms with van der Waals surface area (Å²) in [4.78, 5) is 26.2. The van der Waals surface area contributed by atoms with E-state index in [1.807, 2.05) is 11.3 Å². The first-order valence-electron chi connectivity index (χ1n) is 10.3. The number of rotatable bonds is 4. The number of pyridine rings is 1. The highest BCUT2D eigenvalue weighted by molar-refractivity contribution is 5.87. The van der Waals surface area contributed by atoms with Crippen LogP contribution >= 0.6 is 0 Å². The highest BCUT2D eigenvalue weighted by atomic mass is 19.1. The number of amides is 1. The first-order chi connectivity index (χ1) is 16.3. The standard InChI is InChI=1S/C23H22F2N6O3/c1-5-16(32)30-9-8-13(11-30)21-28-15(19-20(26)27-10-12(2)31(19)21)7-6-14-17(24)22(33-3)29-23(34-4)18(14)25/h5,10,13H,1,8-9,11H2,2-4H3,(H2,26,27)/t13-/m0/s1. The molecule has 2 N–H and O–H groups in total. The summed E-state index contributed by atoms with van der Waals surface area (Å²) in [6.07, 6.45) is 3.55. The second-order valence-electron chi connectivity index (χ2n) is 7.64. The van der Waals surface area contributed by atoms with Gasteiger partial charge in [0.2, 0.25) is 17.5 Å². The van der Waals surface area contributed by atoms with Gasteiger partial charge in [-0.3, -0.25) is 9.20 Å². The third-order valence-corrected chi connectivity index (χ3v) is 5.64. The number of anilines is 1. The second-order valence-corrected chi connectivity index (χ2v) is 7.64. The van der Waals surface area contributed by atoms with Crippen LogP contribution in [0.2, 0.25) is 0 Å². The van der Waals surface area contributed by atoms with Gasteiger partial charge >= 0.3 is 0 Å². The minimum Gasteiger partial charge on any atom is -0.479 e. The first kappa shape index (κ1) is 23.0. The highest BCUT2D eigenvalue weighted by Crippen LogP contribution is 2.31. The van der Waals surface area contributed by atoms with Gasteiger partial charge < -0.3 is 20.1 Å². The fourth-order valence-electron chi connectivity index (χ4n) is 3.98. The fourth-order valence-corrected chi connectivity index (χ4v) is 3.98. The predicted octanol–water partition coefficient (Wildman–Crippen LogP) is 2.21. The lowest BCUT2D eigenvalue weighted by molar-refractivity contribution is -0.125. The molecular formula is C23H22F2N6O3. The van der Waals surface area contributed by atoms with Crippen LogP contribution in [0.5, 0.6) is 11.8 Å². The van der Waals surface area contributed by atoms with E-state index >= 15 is 0 Å². The molecule has 1 atom stereocenters. The summed E-state index contributed by atoms with van der Waals surface area (Å²) in [5, 5.41) is 0. The summed E-state index contributed by atoms with van der Waals surface area (Å²) in [5.74, 6) is 2.74. The summed E-state index contributed by atoms with van der Waals surface area (Å²) in [6.45, 7) is 6.37. The zero-order chi connectivity index (χ0) is 24.6. The molecule has 0 spiro atoms. The number of imidazole rings is 1. The third kappa shape index (κ3) is 3.77. The van der Waals surface area contributed by atoms with Crippen molar-refractivity contribution in [3.05, 3.63) is 53.3 Å². The molecule has 0 radical (unpaired) electrons. The molecular weight excluding hydrogens is 446 g/mol. The van der Waals surface area contributed by atoms with E-state index in [-0.39, 0.29) is 23.3 Å². The normalized spacial score (nSPS) is 15.2. The van der Waals surface area contributed by atoms with Crippen molar-refractivity contribution >= 4 is 17.2 Å². The number of nitrogen functional groups attached to an aromatic ring is 1. The number of aryl methyl sites for hydroxylation is 1. The monoisotopic (exact) mass is 468 g/mol. The minimum absolute atomic E-state index is 0.0953. The van der Waals surface area contributed by atoms with Crippen LogP contribution in [0.1, 0.15) is 35.1 Å². The molecule has 0 aliphatic carbocycles. The molecule has 11 heteroatoms. The maximum absolute atomic E-state index is 14.7. The van der Waals surface area contributed by atoms with E-state index in [0.717, 1.165) is 5.69 Å². The minimum atomic E-state index is -1.06. The largest absolute Gasteiger partial charge is 0.479 e. The van der Waals surface area contributed by atoms with Crippen LogP contribution in [0.4, 0.5) is 14.6 Å². The maximum Gasteiger partial charge on any atom is 0.254 e. The van der Waals surface area contributed by atoms with Gasteiger partial charge in [0, 0.05) is 30.9 Å². The molecule has 1 aliphatic heterocycles. The predicted molar refractivity (Wildman–Crippen MR) is 120 cm³/mol. The van der Waals surface area contributed by atoms with Gasteiger partial charge in [-0.2, -0.15) is 13.8 Å². The van der Waals surface area contributed by atoms with E-state index in [0.29, 0.717) is 30.9 Å². The Morgan fingerprint density at radius 1 is 1.24 bits per heavy atom. The highest BCUT2D eigenvalue weighted by Gasteiger charge is 2.31. The van der Waals surface area contributed by atoms with Crippen molar-refractivity contribution in [3.8, 4) is 23.6 Å². The Kier molecular flexibility index (Phi) is 6.06. The molecule has 1 fully saturated rings. The van der Waals surface area contributed by atoms with Gasteiger partial charge in [0.15, 0.2) is 5.82 Å². The summed E-state index contributed by atoms with van der Waals surface area (Å²) in [5.41, 5.74) is 6.93. The molecule has 1 aliphatic rings. The Labute approximate surface area is 194 Å². The molecule has 4 rings (SSSR count). The van der Waals surface area contributed by atoms with Crippen molar-refractivity contribution < 1.29 is 23.0 Å². The summed E-state index contributed by atoms with van der Waals surface area (Å²) in [7, 11) is 2.40. The number of nitrogens with zero attached hydrogens (tertiary/aromatic N) is 5. The van der Waals surface area contributed by atoms with Gasteiger partial charge in [-0.25, -0.2) is 9.97 Å². The van der Waals surface area contributed by atoms with Crippen molar-refractivity contribution in [3.63, 3.8) is 0 Å². The zero-order valence-corrected chi connectivity index (χ0v) is 18.9. The van der Waals surface area contributed by atoms with Gasteiger partial charge in [-0.15, -0.1) is 0 Å². The van der Waals surface area contributed by atoms with Gasteiger partial charge in [0.05, 0.1) is 14.2 Å². The lowest BCUT2D eigenvalue weighted by Gasteiger charge is -2.14. The van der Waals surface area contributed by atoms with Crippen LogP contribution in [0, 0.1) is 30.4 Å². The number of halogens is 2. The van der Waals surface area contributed by atoms with Gasteiger partial charge in [-0.05, 0) is 25.3 Å². The van der Waals surface area contributed by atoms with E-state index < -0.39 is 29.0 Å². The first-order valence-corrected chi connectivity index (χ1v) is 10.3. The molecule has 34 heavy (non-hydrogen) atoms. The van der Waals surface area contributed by atoms with E-state index in [2.05, 4.69) is 33.4 Å². The molecule has 1 amide bonds. The number of ether oxygens (including phenoxy) is 2. The number of fused-ring (bicyclic) bond motifs is 1. The number of carbonyl (C=O) groups excluding carboxylic acids is 1. The van der Waals surface area contributed by atoms with Crippen LogP contribution in [0.3, 0.4) is 0 Å². The lowest BCUT2D eigenvalue weighted by Crippen LogP contribution is -2.26. The Balaban J connectivity index is 1.86. The average molecular weight is 468 g/mol. The Bertz CT molecular complexity index is 1350. The van der Waals surface area contributed by atoms with Crippen molar-refractivity contribution in [1.82, 2.24) is 24.3 Å². The van der Waals surface area contributed by atoms with Crippen molar-refractivity contribution in [2.24, 2.45) is 0 Å². The number of likely N-dealkylation sites (tertiary alicyclic amines) is 1. The van der Waals surface area contributed by atoms with E-state index in [1.165, 1.54) is 20.3 Å². The van der Waals surface area contributed by atoms with E-state index in [9.17, 15) is 13.6 Å². The van der Waals surface area contributed by atoms with Crippen LogP contribution in [0.25, 0.3) is 5.52 Å². The molecule has 3 aromatic heterocycles. The van der Waals surface area contributed by atoms with E-state index in [1.54, 1.807) is 11.1 Å². The van der Waals surface area contributed by atoms with Crippen LogP contribution in [-0.2, 0) is 4.79 Å². The molecule has 9 nitrogen and oxygen atoms in total. The number of aromatic nitrogens is 4. The summed E-state index contributed by atoms with van der Waals surface area (Å²) >= 11 is 0. The Morgan fingerprint density at radius 2 is 1.91 bits per heavy atom. The SMILES string of the molecule is C=CC(=O)N1CC[C@H](c2nc(C#Cc3c(F)c(OC)nc(OC)c3F)c3c(N)ncc(C)n23)C1. The molecule has 0 saturated carbocycles. The van der Waals surface area contributed by atoms with Crippen LogP contribution < -0.4 is 15.2 Å². The number of hydrogen-bond donors (Lipinski definition) is 1. The zero-order valence-electron chi connectivity index (χ0n) is 18.9. The Hall–Kier alpha value is -4.20. The maximum atomic E-state index is 14.7. The molecule has 1 saturated heterocycles. The third-order valence-electron chi connectivity index (χ3n) is 5.64. The lowest BCUT2D eigenvalue weighted by atomic mass is 10.1. The van der Waals surface area contributed by atoms with Gasteiger partial charge in [0.25, 0.3) is 11.8 Å². The number of hydrogen-bond acceptors (Lipinski definition) is 7. The fraction of sp³-hybridized carbons (Fsp3) is 0.304. The molecule has 0 unspecified atom stereocenters. The number of methoxy groups -OCH3 is 2. The topological polar surface area (TPSA) is 108 Å². The van der Waals surface area contributed by atoms with Gasteiger partial charge in [0.1, 0.15) is 22.6 Å². The van der Waals surface area contributed by atoms with Crippen molar-refractivity contribution in [2.45, 2.75) is 19.3 Å². The quantitative estimate of drug-likeness (QED) is 0.462. The molecule has 3 aromatic rings. The van der Waals surface area contributed by atoms with Crippen molar-refractivity contribution in [2.75, 3.05) is 33.0 Å². The van der Waals surface area contributed by atoms with E-state index in [4.69, 9.17) is 15.2 Å². The Morgan fingerprint density at radius 3 is 2.53 bits per heavy atom. The average Bonchev–Trinajstić information content (AvgIpc) is 3.47. The van der Waals surface area contributed by atoms with Crippen LogP contribution in [-0.4, -0.2) is 57.5 Å². The van der Waals surface area contributed by atoms with Gasteiger partial charge in [-0.1, -0.05) is 12.5 Å². The molecule has 4 heterocycles. The molecule has 0 bridgehead atoms.